The topological polar surface area (TPSA) is 23.3 Å². The Morgan fingerprint density at radius 3 is 2.67 bits per heavy atom. The number of hydrogen-bond donors (Lipinski definition) is 0. The minimum absolute atomic E-state index is 0.493. The molecule has 1 heterocycles. The zero-order valence-electron chi connectivity index (χ0n) is 12.5. The molecule has 0 bridgehead atoms. The van der Waals surface area contributed by atoms with Crippen molar-refractivity contribution in [1.82, 2.24) is 5.32 Å². The van der Waals surface area contributed by atoms with Gasteiger partial charge in [0, 0.05) is 19.2 Å². The molecule has 2 nitrogen and oxygen atoms in total. The molecule has 0 saturated carbocycles. The van der Waals surface area contributed by atoms with Crippen molar-refractivity contribution in [2.45, 2.75) is 90.2 Å². The molecule has 1 saturated heterocycles. The van der Waals surface area contributed by atoms with Crippen LogP contribution in [0.15, 0.2) is 0 Å². The van der Waals surface area contributed by atoms with Crippen LogP contribution in [-0.4, -0.2) is 25.3 Å². The minimum Gasteiger partial charge on any atom is -0.378 e. The fraction of sp³-hybridized carbons (Fsp3) is 1.00. The first-order valence-corrected chi connectivity index (χ1v) is 8.15. The summed E-state index contributed by atoms with van der Waals surface area (Å²) >= 11 is 0. The van der Waals surface area contributed by atoms with Gasteiger partial charge in [0.2, 0.25) is 0 Å². The smallest absolute Gasteiger partial charge is 0.0575 e. The van der Waals surface area contributed by atoms with Gasteiger partial charge < -0.3 is 4.74 Å². The van der Waals surface area contributed by atoms with Gasteiger partial charge in [-0.15, -0.1) is 0 Å². The fourth-order valence-electron chi connectivity index (χ4n) is 2.72. The summed E-state index contributed by atoms with van der Waals surface area (Å²) in [5, 5.41) is 4.63. The second kappa shape index (κ2) is 10.8. The number of hydrogen-bond acceptors (Lipinski definition) is 1. The molecule has 2 unspecified atom stereocenters. The molecule has 18 heavy (non-hydrogen) atoms. The van der Waals surface area contributed by atoms with Crippen LogP contribution in [0, 0.1) is 0 Å². The van der Waals surface area contributed by atoms with E-state index in [-0.39, 0.29) is 0 Å². The van der Waals surface area contributed by atoms with Crippen molar-refractivity contribution in [3.63, 3.8) is 0 Å². The first-order valence-electron chi connectivity index (χ1n) is 8.15. The Morgan fingerprint density at radius 2 is 2.00 bits per heavy atom. The zero-order chi connectivity index (χ0) is 13.1. The third kappa shape index (κ3) is 7.38. The Labute approximate surface area is 114 Å². The summed E-state index contributed by atoms with van der Waals surface area (Å²) in [4.78, 5) is 0. The summed E-state index contributed by atoms with van der Waals surface area (Å²) in [6.45, 7) is 6.58. The fourth-order valence-corrected chi connectivity index (χ4v) is 2.72. The highest BCUT2D eigenvalue weighted by atomic mass is 16.5. The highest BCUT2D eigenvalue weighted by molar-refractivity contribution is 4.75. The van der Waals surface area contributed by atoms with E-state index in [1.165, 1.54) is 64.2 Å². The van der Waals surface area contributed by atoms with E-state index in [2.05, 4.69) is 19.2 Å². The van der Waals surface area contributed by atoms with Crippen molar-refractivity contribution in [3.05, 3.63) is 0 Å². The first-order chi connectivity index (χ1) is 8.86. The predicted molar refractivity (Wildman–Crippen MR) is 78.0 cm³/mol. The van der Waals surface area contributed by atoms with E-state index >= 15 is 0 Å². The van der Waals surface area contributed by atoms with Gasteiger partial charge in [-0.2, -0.15) is 0 Å². The summed E-state index contributed by atoms with van der Waals surface area (Å²) in [7, 11) is 0. The van der Waals surface area contributed by atoms with Gasteiger partial charge in [-0.3, -0.25) is 0 Å². The summed E-state index contributed by atoms with van der Waals surface area (Å²) < 4.78 is 6.05. The van der Waals surface area contributed by atoms with Crippen molar-refractivity contribution in [2.24, 2.45) is 0 Å². The molecule has 0 spiro atoms. The predicted octanol–water partition coefficient (Wildman–Crippen LogP) is 4.30. The maximum Gasteiger partial charge on any atom is 0.0575 e. The van der Waals surface area contributed by atoms with Crippen molar-refractivity contribution in [3.8, 4) is 0 Å². The van der Waals surface area contributed by atoms with Crippen LogP contribution in [-0.2, 0) is 4.74 Å². The molecule has 1 fully saturated rings. The molecule has 107 valence electrons. The van der Waals surface area contributed by atoms with Gasteiger partial charge in [0.1, 0.15) is 0 Å². The lowest BCUT2D eigenvalue weighted by Crippen LogP contribution is -2.20. The van der Waals surface area contributed by atoms with Crippen molar-refractivity contribution < 1.29 is 4.74 Å². The van der Waals surface area contributed by atoms with Crippen LogP contribution >= 0.6 is 0 Å². The van der Waals surface area contributed by atoms with Crippen molar-refractivity contribution >= 4 is 0 Å². The van der Waals surface area contributed by atoms with Gasteiger partial charge in [-0.05, 0) is 38.5 Å². The van der Waals surface area contributed by atoms with E-state index < -0.39 is 0 Å². The Bertz CT molecular complexity index is 178. The van der Waals surface area contributed by atoms with Crippen LogP contribution in [0.4, 0.5) is 0 Å². The number of ether oxygens (including phenoxy) is 1. The molecule has 0 N–H and O–H groups in total. The molecule has 0 aromatic rings. The van der Waals surface area contributed by atoms with Gasteiger partial charge in [-0.25, -0.2) is 5.32 Å². The highest BCUT2D eigenvalue weighted by Gasteiger charge is 2.17. The molecular formula is C16H32NO. The van der Waals surface area contributed by atoms with E-state index in [1.807, 2.05) is 0 Å². The molecule has 1 rings (SSSR count). The number of rotatable bonds is 11. The zero-order valence-corrected chi connectivity index (χ0v) is 12.5. The molecule has 0 aliphatic carbocycles. The Morgan fingerprint density at radius 1 is 1.11 bits per heavy atom. The van der Waals surface area contributed by atoms with E-state index in [0.717, 1.165) is 13.2 Å². The normalized spacial score (nSPS) is 21.3. The van der Waals surface area contributed by atoms with Gasteiger partial charge in [0.15, 0.2) is 0 Å². The molecule has 0 amide bonds. The maximum absolute atomic E-state index is 6.05. The highest BCUT2D eigenvalue weighted by Crippen LogP contribution is 2.17. The van der Waals surface area contributed by atoms with Gasteiger partial charge in [-0.1, -0.05) is 39.5 Å². The lowest BCUT2D eigenvalue weighted by molar-refractivity contribution is 0.0359. The molecule has 1 aliphatic rings. The largest absolute Gasteiger partial charge is 0.378 e. The lowest BCUT2D eigenvalue weighted by Gasteiger charge is -2.19. The van der Waals surface area contributed by atoms with E-state index in [9.17, 15) is 0 Å². The molecule has 1 aliphatic heterocycles. The number of nitrogens with zero attached hydrogens (tertiary/aromatic N) is 1. The summed E-state index contributed by atoms with van der Waals surface area (Å²) in [5.74, 6) is 0. The van der Waals surface area contributed by atoms with E-state index in [0.29, 0.717) is 12.1 Å². The average molecular weight is 254 g/mol. The van der Waals surface area contributed by atoms with Gasteiger partial charge in [0.25, 0.3) is 0 Å². The summed E-state index contributed by atoms with van der Waals surface area (Å²) in [5.41, 5.74) is 0. The molecule has 2 atom stereocenters. The van der Waals surface area contributed by atoms with Crippen molar-refractivity contribution in [2.75, 3.05) is 13.2 Å². The van der Waals surface area contributed by atoms with Crippen LogP contribution < -0.4 is 5.32 Å². The summed E-state index contributed by atoms with van der Waals surface area (Å²) in [6, 6.07) is 0.646. The van der Waals surface area contributed by atoms with E-state index in [1.54, 1.807) is 0 Å². The Balaban J connectivity index is 2.05. The Kier molecular flexibility index (Phi) is 9.59. The average Bonchev–Trinajstić information content (AvgIpc) is 2.88. The summed E-state index contributed by atoms with van der Waals surface area (Å²) in [6.07, 6.45) is 13.3. The van der Waals surface area contributed by atoms with Gasteiger partial charge >= 0.3 is 0 Å². The number of unbranched alkanes of at least 4 members (excludes halogenated alkanes) is 3. The third-order valence-electron chi connectivity index (χ3n) is 3.87. The molecule has 0 aromatic carbocycles. The second-order valence-electron chi connectivity index (χ2n) is 5.62. The third-order valence-corrected chi connectivity index (χ3v) is 3.87. The van der Waals surface area contributed by atoms with Crippen molar-refractivity contribution in [1.29, 1.82) is 0 Å². The minimum atomic E-state index is 0.493. The van der Waals surface area contributed by atoms with Crippen LogP contribution in [0.3, 0.4) is 0 Å². The standard InChI is InChI=1S/C16H32NO/c1-3-5-6-7-14-18-16(9-4-2)12-11-15-10-8-13-17-15/h15-16H,3-14H2,1-2H3. The van der Waals surface area contributed by atoms with Crippen LogP contribution in [0.25, 0.3) is 0 Å². The monoisotopic (exact) mass is 254 g/mol. The van der Waals surface area contributed by atoms with E-state index in [4.69, 9.17) is 4.74 Å². The quantitative estimate of drug-likeness (QED) is 0.504. The lowest BCUT2D eigenvalue weighted by atomic mass is 10.0. The van der Waals surface area contributed by atoms with Gasteiger partial charge in [0.05, 0.1) is 6.10 Å². The molecule has 2 heteroatoms. The molecule has 0 aromatic heterocycles. The van der Waals surface area contributed by atoms with Crippen LogP contribution in [0.1, 0.15) is 78.1 Å². The van der Waals surface area contributed by atoms with Crippen LogP contribution in [0.5, 0.6) is 0 Å². The Hall–Kier alpha value is -0.0800. The SMILES string of the molecule is CCCCCCOC(CCC)CCC1CCC[N]1. The first kappa shape index (κ1) is 16.0. The van der Waals surface area contributed by atoms with Crippen LogP contribution in [0.2, 0.25) is 0 Å². The molecular weight excluding hydrogens is 222 g/mol. The molecule has 1 radical (unpaired) electrons. The second-order valence-corrected chi connectivity index (χ2v) is 5.62. The maximum atomic E-state index is 6.05.